The number of carbonyl (C=O) groups is 1. The highest BCUT2D eigenvalue weighted by Crippen LogP contribution is 2.35. The van der Waals surface area contributed by atoms with Gasteiger partial charge in [0.2, 0.25) is 5.78 Å². The molecule has 0 radical (unpaired) electrons. The molecule has 2 N–H and O–H groups in total. The second-order valence-corrected chi connectivity index (χ2v) is 2.55. The van der Waals surface area contributed by atoms with Crippen LogP contribution in [-0.4, -0.2) is 22.6 Å². The number of hydrogen-bond donors (Lipinski definition) is 2. The predicted octanol–water partition coefficient (Wildman–Crippen LogP) is 0.673. The first-order valence-corrected chi connectivity index (χ1v) is 3.40. The number of carbonyl (C=O) groups excluding carboxylic acids is 1. The van der Waals surface area contributed by atoms with Crippen LogP contribution < -0.4 is 4.74 Å². The predicted molar refractivity (Wildman–Crippen MR) is 39.6 cm³/mol. The zero-order valence-corrected chi connectivity index (χ0v) is 6.07. The van der Waals surface area contributed by atoms with Crippen molar-refractivity contribution in [2.75, 3.05) is 6.61 Å². The molecule has 4 heteroatoms. The van der Waals surface area contributed by atoms with Crippen LogP contribution in [0.4, 0.5) is 0 Å². The van der Waals surface area contributed by atoms with Crippen LogP contribution in [0.15, 0.2) is 12.1 Å². The van der Waals surface area contributed by atoms with Gasteiger partial charge in [0.15, 0.2) is 18.1 Å². The number of ether oxygens (including phenoxy) is 1. The van der Waals surface area contributed by atoms with Crippen molar-refractivity contribution in [1.82, 2.24) is 0 Å². The number of fused-ring (bicyclic) bond motifs is 1. The first kappa shape index (κ1) is 6.97. The first-order valence-electron chi connectivity index (χ1n) is 3.40. The Hall–Kier alpha value is -1.71. The molecule has 0 unspecified atom stereocenters. The van der Waals surface area contributed by atoms with E-state index < -0.39 is 0 Å². The molecule has 12 heavy (non-hydrogen) atoms. The summed E-state index contributed by atoms with van der Waals surface area (Å²) in [4.78, 5) is 11.0. The van der Waals surface area contributed by atoms with Crippen LogP contribution in [0.25, 0.3) is 0 Å². The molecule has 1 aromatic carbocycles. The largest absolute Gasteiger partial charge is 0.504 e. The van der Waals surface area contributed by atoms with Gasteiger partial charge in [0.1, 0.15) is 5.75 Å². The van der Waals surface area contributed by atoms with Crippen molar-refractivity contribution in [3.05, 3.63) is 17.7 Å². The molecule has 1 aliphatic rings. The number of phenolic OH excluding ortho intramolecular Hbond substituents is 2. The van der Waals surface area contributed by atoms with Crippen LogP contribution in [0.2, 0.25) is 0 Å². The zero-order valence-electron chi connectivity index (χ0n) is 6.07. The number of Topliss-reactive ketones (excluding diaryl/α,β-unsaturated/α-hetero) is 1. The van der Waals surface area contributed by atoms with Crippen molar-refractivity contribution >= 4 is 5.78 Å². The van der Waals surface area contributed by atoms with Crippen LogP contribution in [-0.2, 0) is 0 Å². The van der Waals surface area contributed by atoms with E-state index in [2.05, 4.69) is 0 Å². The lowest BCUT2D eigenvalue weighted by Gasteiger charge is -1.99. The van der Waals surface area contributed by atoms with Gasteiger partial charge in [-0.05, 0) is 6.07 Å². The normalized spacial score (nSPS) is 14.2. The highest BCUT2D eigenvalue weighted by molar-refractivity contribution is 6.02. The smallest absolute Gasteiger partial charge is 0.204 e. The third-order valence-electron chi connectivity index (χ3n) is 1.74. The Kier molecular flexibility index (Phi) is 1.24. The summed E-state index contributed by atoms with van der Waals surface area (Å²) < 4.78 is 4.93. The topological polar surface area (TPSA) is 66.8 Å². The third kappa shape index (κ3) is 0.812. The van der Waals surface area contributed by atoms with Gasteiger partial charge in [0.05, 0.1) is 5.56 Å². The number of hydrogen-bond acceptors (Lipinski definition) is 4. The average Bonchev–Trinajstić information content (AvgIpc) is 2.35. The Morgan fingerprint density at radius 3 is 2.67 bits per heavy atom. The maximum atomic E-state index is 11.0. The van der Waals surface area contributed by atoms with E-state index in [1.54, 1.807) is 0 Å². The Bertz CT molecular complexity index is 356. The van der Waals surface area contributed by atoms with Crippen molar-refractivity contribution in [3.63, 3.8) is 0 Å². The molecule has 2 rings (SSSR count). The molecular weight excluding hydrogens is 160 g/mol. The molecule has 0 fully saturated rings. The minimum absolute atomic E-state index is 0.0156. The average molecular weight is 166 g/mol. The van der Waals surface area contributed by atoms with Gasteiger partial charge in [-0.2, -0.15) is 0 Å². The van der Waals surface area contributed by atoms with Crippen molar-refractivity contribution < 1.29 is 19.7 Å². The lowest BCUT2D eigenvalue weighted by atomic mass is 10.1. The molecular formula is C8H6O4. The molecule has 1 heterocycles. The van der Waals surface area contributed by atoms with Crippen molar-refractivity contribution in [2.45, 2.75) is 0 Å². The van der Waals surface area contributed by atoms with Gasteiger partial charge < -0.3 is 14.9 Å². The Balaban J connectivity index is 2.63. The summed E-state index contributed by atoms with van der Waals surface area (Å²) in [5.41, 5.74) is 0.324. The van der Waals surface area contributed by atoms with Gasteiger partial charge >= 0.3 is 0 Å². The van der Waals surface area contributed by atoms with Gasteiger partial charge in [-0.1, -0.05) is 0 Å². The second-order valence-electron chi connectivity index (χ2n) is 2.55. The number of phenols is 2. The summed E-state index contributed by atoms with van der Waals surface area (Å²) in [5.74, 6) is -0.424. The number of benzene rings is 1. The van der Waals surface area contributed by atoms with Crippen molar-refractivity contribution in [2.24, 2.45) is 0 Å². The van der Waals surface area contributed by atoms with Crippen LogP contribution in [0.3, 0.4) is 0 Å². The SMILES string of the molecule is O=C1COc2cc(O)c(O)cc21. The van der Waals surface area contributed by atoms with Gasteiger partial charge in [0, 0.05) is 6.07 Å². The summed E-state index contributed by atoms with van der Waals surface area (Å²) in [5, 5.41) is 18.1. The Labute approximate surface area is 68.0 Å². The number of ketones is 1. The van der Waals surface area contributed by atoms with Gasteiger partial charge in [-0.3, -0.25) is 4.79 Å². The summed E-state index contributed by atoms with van der Waals surface area (Å²) in [6.07, 6.45) is 0. The fourth-order valence-electron chi connectivity index (χ4n) is 1.12. The van der Waals surface area contributed by atoms with E-state index in [1.807, 2.05) is 0 Å². The lowest BCUT2D eigenvalue weighted by molar-refractivity contribution is 0.0961. The van der Waals surface area contributed by atoms with E-state index in [0.29, 0.717) is 11.3 Å². The number of aromatic hydroxyl groups is 2. The molecule has 1 aromatic rings. The Morgan fingerprint density at radius 2 is 1.92 bits per heavy atom. The molecule has 0 amide bonds. The molecule has 0 bridgehead atoms. The summed E-state index contributed by atoms with van der Waals surface area (Å²) in [7, 11) is 0. The van der Waals surface area contributed by atoms with Gasteiger partial charge in [-0.25, -0.2) is 0 Å². The summed E-state index contributed by atoms with van der Waals surface area (Å²) in [6, 6.07) is 2.44. The molecule has 0 spiro atoms. The van der Waals surface area contributed by atoms with Crippen LogP contribution in [0.5, 0.6) is 17.2 Å². The molecule has 62 valence electrons. The van der Waals surface area contributed by atoms with Crippen molar-refractivity contribution in [3.8, 4) is 17.2 Å². The van der Waals surface area contributed by atoms with Crippen LogP contribution in [0.1, 0.15) is 10.4 Å². The molecule has 0 saturated carbocycles. The molecule has 0 atom stereocenters. The lowest BCUT2D eigenvalue weighted by Crippen LogP contribution is -1.98. The van der Waals surface area contributed by atoms with Crippen LogP contribution >= 0.6 is 0 Å². The Morgan fingerprint density at radius 1 is 1.25 bits per heavy atom. The summed E-state index contributed by atoms with van der Waals surface area (Å²) in [6.45, 7) is -0.0156. The van der Waals surface area contributed by atoms with E-state index in [4.69, 9.17) is 14.9 Å². The second kappa shape index (κ2) is 2.14. The highest BCUT2D eigenvalue weighted by Gasteiger charge is 2.22. The fourth-order valence-corrected chi connectivity index (χ4v) is 1.12. The van der Waals surface area contributed by atoms with E-state index in [-0.39, 0.29) is 23.9 Å². The van der Waals surface area contributed by atoms with Crippen LogP contribution in [0, 0.1) is 0 Å². The molecule has 4 nitrogen and oxygen atoms in total. The molecule has 1 aliphatic heterocycles. The fraction of sp³-hybridized carbons (Fsp3) is 0.125. The maximum absolute atomic E-state index is 11.0. The highest BCUT2D eigenvalue weighted by atomic mass is 16.5. The van der Waals surface area contributed by atoms with E-state index in [9.17, 15) is 4.79 Å². The van der Waals surface area contributed by atoms with Crippen molar-refractivity contribution in [1.29, 1.82) is 0 Å². The molecule has 0 aliphatic carbocycles. The van der Waals surface area contributed by atoms with E-state index >= 15 is 0 Å². The monoisotopic (exact) mass is 166 g/mol. The van der Waals surface area contributed by atoms with E-state index in [0.717, 1.165) is 0 Å². The molecule has 0 saturated heterocycles. The van der Waals surface area contributed by atoms with Gasteiger partial charge in [0.25, 0.3) is 0 Å². The first-order chi connectivity index (χ1) is 5.68. The standard InChI is InChI=1S/C8H6O4/c9-5-1-4-7(11)3-12-8(4)2-6(5)10/h1-2,9-10H,3H2. The minimum Gasteiger partial charge on any atom is -0.504 e. The van der Waals surface area contributed by atoms with Gasteiger partial charge in [-0.15, -0.1) is 0 Å². The third-order valence-corrected chi connectivity index (χ3v) is 1.74. The maximum Gasteiger partial charge on any atom is 0.204 e. The minimum atomic E-state index is -0.299. The summed E-state index contributed by atoms with van der Waals surface area (Å²) >= 11 is 0. The molecule has 0 aromatic heterocycles. The zero-order chi connectivity index (χ0) is 8.72. The van der Waals surface area contributed by atoms with E-state index in [1.165, 1.54) is 12.1 Å². The number of rotatable bonds is 0. The quantitative estimate of drug-likeness (QED) is 0.556.